The molecule has 2 unspecified atom stereocenters. The Balaban J connectivity index is 2.19. The third-order valence-electron chi connectivity index (χ3n) is 7.14. The van der Waals surface area contributed by atoms with Gasteiger partial charge in [0.2, 0.25) is 0 Å². The van der Waals surface area contributed by atoms with Crippen molar-refractivity contribution in [1.29, 1.82) is 0 Å². The highest BCUT2D eigenvalue weighted by atomic mass is 19.4. The van der Waals surface area contributed by atoms with Gasteiger partial charge in [0.05, 0.1) is 50.3 Å². The second-order valence-electron chi connectivity index (χ2n) is 10.8. The van der Waals surface area contributed by atoms with Crippen molar-refractivity contribution in [2.24, 2.45) is 5.92 Å². The average molecular weight is 635 g/mol. The Morgan fingerprint density at radius 3 is 2.09 bits per heavy atom. The molecule has 2 amide bonds. The molecular weight excluding hydrogens is 598 g/mol. The molecule has 0 bridgehead atoms. The second-order valence-corrected chi connectivity index (χ2v) is 10.8. The summed E-state index contributed by atoms with van der Waals surface area (Å²) in [5, 5.41) is 0. The molecule has 244 valence electrons. The number of methoxy groups -OCH3 is 2. The summed E-state index contributed by atoms with van der Waals surface area (Å²) in [6.45, 7) is 7.09. The van der Waals surface area contributed by atoms with Crippen LogP contribution in [0.15, 0.2) is 30.3 Å². The summed E-state index contributed by atoms with van der Waals surface area (Å²) in [7, 11) is 2.44. The molecule has 14 heteroatoms. The van der Waals surface area contributed by atoms with Gasteiger partial charge in [-0.3, -0.25) is 9.80 Å². The number of halogens is 6. The molecule has 3 rings (SSSR count). The Morgan fingerprint density at radius 2 is 1.59 bits per heavy atom. The Labute approximate surface area is 251 Å². The van der Waals surface area contributed by atoms with E-state index in [1.807, 2.05) is 13.8 Å². The van der Waals surface area contributed by atoms with Crippen molar-refractivity contribution >= 4 is 17.9 Å². The molecule has 0 aromatic heterocycles. The van der Waals surface area contributed by atoms with Crippen LogP contribution in [0.2, 0.25) is 0 Å². The van der Waals surface area contributed by atoms with Crippen molar-refractivity contribution in [2.75, 3.05) is 32.3 Å². The number of hydrogen-bond acceptors (Lipinski definition) is 6. The van der Waals surface area contributed by atoms with Crippen LogP contribution >= 0.6 is 0 Å². The van der Waals surface area contributed by atoms with Crippen molar-refractivity contribution in [3.05, 3.63) is 52.6 Å². The Kier molecular flexibility index (Phi) is 10.9. The van der Waals surface area contributed by atoms with Crippen LogP contribution < -0.4 is 14.4 Å². The third kappa shape index (κ3) is 8.00. The summed E-state index contributed by atoms with van der Waals surface area (Å²) in [4.78, 5) is 28.6. The molecule has 2 aromatic carbocycles. The van der Waals surface area contributed by atoms with Crippen LogP contribution in [-0.2, 0) is 28.4 Å². The molecule has 44 heavy (non-hydrogen) atoms. The topological polar surface area (TPSA) is 77.5 Å². The first-order valence-electron chi connectivity index (χ1n) is 13.9. The molecule has 0 radical (unpaired) electrons. The van der Waals surface area contributed by atoms with Gasteiger partial charge in [-0.05, 0) is 62.4 Å². The maximum atomic E-state index is 13.6. The van der Waals surface area contributed by atoms with E-state index in [0.717, 1.165) is 12.0 Å². The van der Waals surface area contributed by atoms with Crippen molar-refractivity contribution in [3.63, 3.8) is 0 Å². The molecule has 1 heterocycles. The van der Waals surface area contributed by atoms with Crippen LogP contribution in [0.1, 0.15) is 68.8 Å². The van der Waals surface area contributed by atoms with Crippen molar-refractivity contribution in [2.45, 2.75) is 71.5 Å². The number of carbonyl (C=O) groups is 2. The SMILES string of the molecule is CCOC(=O)N1c2cc(OCCC(C)C)c(OC)cc2C(N(Cc2cc(C(F)(F)F)cc(C(F)(F)F)c2)C(=O)OC)CC1C. The van der Waals surface area contributed by atoms with Gasteiger partial charge in [0.25, 0.3) is 0 Å². The highest BCUT2D eigenvalue weighted by Gasteiger charge is 2.42. The van der Waals surface area contributed by atoms with Gasteiger partial charge in [-0.2, -0.15) is 26.3 Å². The fraction of sp³-hybridized carbons (Fsp3) is 0.533. The Bertz CT molecular complexity index is 1300. The average Bonchev–Trinajstić information content (AvgIpc) is 2.93. The number of amides is 2. The number of fused-ring (bicyclic) bond motifs is 1. The fourth-order valence-corrected chi connectivity index (χ4v) is 5.00. The Morgan fingerprint density at radius 1 is 0.977 bits per heavy atom. The zero-order chi connectivity index (χ0) is 33.0. The van der Waals surface area contributed by atoms with Gasteiger partial charge in [0.1, 0.15) is 0 Å². The van der Waals surface area contributed by atoms with Crippen LogP contribution in [-0.4, -0.2) is 50.6 Å². The predicted molar refractivity (Wildman–Crippen MR) is 149 cm³/mol. The molecule has 0 aliphatic carbocycles. The van der Waals surface area contributed by atoms with Gasteiger partial charge in [-0.25, -0.2) is 9.59 Å². The van der Waals surface area contributed by atoms with Gasteiger partial charge < -0.3 is 18.9 Å². The molecule has 2 aromatic rings. The first kappa shape index (κ1) is 34.6. The summed E-state index contributed by atoms with van der Waals surface area (Å²) >= 11 is 0. The molecule has 1 aliphatic heterocycles. The summed E-state index contributed by atoms with van der Waals surface area (Å²) in [5.41, 5.74) is -2.83. The summed E-state index contributed by atoms with van der Waals surface area (Å²) in [6, 6.07) is 2.66. The van der Waals surface area contributed by atoms with E-state index in [0.29, 0.717) is 42.4 Å². The van der Waals surface area contributed by atoms with Gasteiger partial charge in [0.15, 0.2) is 11.5 Å². The first-order chi connectivity index (χ1) is 20.5. The normalized spacial score (nSPS) is 16.8. The lowest BCUT2D eigenvalue weighted by atomic mass is 9.90. The number of rotatable bonds is 9. The van der Waals surface area contributed by atoms with E-state index in [4.69, 9.17) is 18.9 Å². The molecule has 0 spiro atoms. The Hall–Kier alpha value is -3.84. The van der Waals surface area contributed by atoms with E-state index in [1.54, 1.807) is 19.9 Å². The van der Waals surface area contributed by atoms with E-state index >= 15 is 0 Å². The molecule has 0 N–H and O–H groups in total. The zero-order valence-electron chi connectivity index (χ0n) is 25.3. The third-order valence-corrected chi connectivity index (χ3v) is 7.14. The van der Waals surface area contributed by atoms with E-state index in [1.165, 1.54) is 18.1 Å². The van der Waals surface area contributed by atoms with E-state index in [2.05, 4.69) is 0 Å². The van der Waals surface area contributed by atoms with Crippen LogP contribution in [0.5, 0.6) is 11.5 Å². The molecular formula is C30H36F6N2O6. The quantitative estimate of drug-likeness (QED) is 0.259. The number of anilines is 1. The number of nitrogens with zero attached hydrogens (tertiary/aromatic N) is 2. The van der Waals surface area contributed by atoms with E-state index < -0.39 is 59.9 Å². The number of ether oxygens (including phenoxy) is 4. The lowest BCUT2D eigenvalue weighted by molar-refractivity contribution is -0.143. The first-order valence-corrected chi connectivity index (χ1v) is 13.9. The lowest BCUT2D eigenvalue weighted by Gasteiger charge is -2.42. The highest BCUT2D eigenvalue weighted by Crippen LogP contribution is 2.47. The largest absolute Gasteiger partial charge is 0.493 e. The maximum Gasteiger partial charge on any atom is 0.416 e. The van der Waals surface area contributed by atoms with Crippen molar-refractivity contribution < 1.29 is 54.9 Å². The summed E-state index contributed by atoms with van der Waals surface area (Å²) < 4.78 is 103. The van der Waals surface area contributed by atoms with Crippen molar-refractivity contribution in [3.8, 4) is 11.5 Å². The second kappa shape index (κ2) is 13.9. The molecule has 0 saturated heterocycles. The van der Waals surface area contributed by atoms with E-state index in [-0.39, 0.29) is 30.5 Å². The van der Waals surface area contributed by atoms with Crippen LogP contribution in [0.3, 0.4) is 0 Å². The number of hydrogen-bond donors (Lipinski definition) is 0. The van der Waals surface area contributed by atoms with Gasteiger partial charge in [-0.1, -0.05) is 13.8 Å². The molecule has 0 saturated carbocycles. The number of benzene rings is 2. The summed E-state index contributed by atoms with van der Waals surface area (Å²) in [6.07, 6.45) is -11.1. The van der Waals surface area contributed by atoms with Gasteiger partial charge in [-0.15, -0.1) is 0 Å². The van der Waals surface area contributed by atoms with Crippen LogP contribution in [0, 0.1) is 5.92 Å². The number of alkyl halides is 6. The maximum absolute atomic E-state index is 13.6. The summed E-state index contributed by atoms with van der Waals surface area (Å²) in [5.74, 6) is 0.881. The molecule has 1 aliphatic rings. The molecule has 2 atom stereocenters. The fourth-order valence-electron chi connectivity index (χ4n) is 5.00. The highest BCUT2D eigenvalue weighted by molar-refractivity contribution is 5.91. The lowest BCUT2D eigenvalue weighted by Crippen LogP contribution is -2.47. The van der Waals surface area contributed by atoms with Crippen molar-refractivity contribution in [1.82, 2.24) is 4.90 Å². The molecule has 8 nitrogen and oxygen atoms in total. The minimum absolute atomic E-state index is 0.0207. The predicted octanol–water partition coefficient (Wildman–Crippen LogP) is 8.22. The van der Waals surface area contributed by atoms with Gasteiger partial charge in [0, 0.05) is 24.2 Å². The monoisotopic (exact) mass is 634 g/mol. The molecule has 0 fully saturated rings. The zero-order valence-corrected chi connectivity index (χ0v) is 25.3. The van der Waals surface area contributed by atoms with E-state index in [9.17, 15) is 35.9 Å². The van der Waals surface area contributed by atoms with Gasteiger partial charge >= 0.3 is 24.5 Å². The number of carbonyl (C=O) groups excluding carboxylic acids is 2. The van der Waals surface area contributed by atoms with Crippen LogP contribution in [0.25, 0.3) is 0 Å². The van der Waals surface area contributed by atoms with Crippen LogP contribution in [0.4, 0.5) is 41.6 Å². The minimum atomic E-state index is -5.07. The standard InChI is InChI=1S/C30H36F6N2O6/c1-7-43-28(40)38-18(4)10-23(22-14-25(41-5)26(15-24(22)38)44-9-8-17(2)3)37(27(39)42-6)16-19-11-20(29(31,32)33)13-21(12-19)30(34,35)36/h11-15,17-18,23H,7-10,16H2,1-6H3. The minimum Gasteiger partial charge on any atom is -0.493 e. The smallest absolute Gasteiger partial charge is 0.416 e.